The Labute approximate surface area is 84.8 Å². The van der Waals surface area contributed by atoms with Crippen LogP contribution in [-0.2, 0) is 11.3 Å². The van der Waals surface area contributed by atoms with Crippen molar-refractivity contribution in [1.82, 2.24) is 0 Å². The summed E-state index contributed by atoms with van der Waals surface area (Å²) in [5, 5.41) is 0. The predicted octanol–water partition coefficient (Wildman–Crippen LogP) is 2.74. The quantitative estimate of drug-likeness (QED) is 0.819. The highest BCUT2D eigenvalue weighted by atomic mass is 79.9. The summed E-state index contributed by atoms with van der Waals surface area (Å²) in [6.07, 6.45) is 0. The van der Waals surface area contributed by atoms with Crippen LogP contribution in [0.1, 0.15) is 5.56 Å². The highest BCUT2D eigenvalue weighted by molar-refractivity contribution is 9.10. The first-order valence-corrected chi connectivity index (χ1v) is 4.49. The van der Waals surface area contributed by atoms with Crippen LogP contribution in [0, 0.1) is 5.82 Å². The van der Waals surface area contributed by atoms with Gasteiger partial charge >= 0.3 is 0 Å². The van der Waals surface area contributed by atoms with E-state index in [2.05, 4.69) is 15.9 Å². The summed E-state index contributed by atoms with van der Waals surface area (Å²) in [6.45, 7) is 0.238. The number of methoxy groups -OCH3 is 2. The zero-order chi connectivity index (χ0) is 9.84. The molecule has 0 aromatic heterocycles. The summed E-state index contributed by atoms with van der Waals surface area (Å²) in [7, 11) is 2.95. The zero-order valence-electron chi connectivity index (χ0n) is 7.43. The van der Waals surface area contributed by atoms with Gasteiger partial charge in [-0.1, -0.05) is 15.9 Å². The van der Waals surface area contributed by atoms with E-state index < -0.39 is 0 Å². The number of hydrogen-bond donors (Lipinski definition) is 0. The summed E-state index contributed by atoms with van der Waals surface area (Å²) in [4.78, 5) is 0. The zero-order valence-corrected chi connectivity index (χ0v) is 9.02. The number of hydrogen-bond acceptors (Lipinski definition) is 2. The Kier molecular flexibility index (Phi) is 3.69. The second-order valence-corrected chi connectivity index (χ2v) is 3.43. The summed E-state index contributed by atoms with van der Waals surface area (Å²) in [5.74, 6) is -0.144. The van der Waals surface area contributed by atoms with Gasteiger partial charge in [-0.25, -0.2) is 4.39 Å². The molecular formula is C9H10BrFO2. The fourth-order valence-electron chi connectivity index (χ4n) is 1.03. The van der Waals surface area contributed by atoms with Crippen LogP contribution in [0.15, 0.2) is 16.6 Å². The molecular weight excluding hydrogens is 239 g/mol. The summed E-state index contributed by atoms with van der Waals surface area (Å²) < 4.78 is 23.9. The minimum absolute atomic E-state index is 0.224. The van der Waals surface area contributed by atoms with E-state index in [-0.39, 0.29) is 18.2 Å². The molecule has 0 fully saturated rings. The van der Waals surface area contributed by atoms with Gasteiger partial charge in [0.2, 0.25) is 0 Å². The molecule has 0 heterocycles. The van der Waals surface area contributed by atoms with E-state index in [9.17, 15) is 4.39 Å². The number of rotatable bonds is 3. The van der Waals surface area contributed by atoms with Crippen molar-refractivity contribution in [3.63, 3.8) is 0 Å². The second-order valence-electron chi connectivity index (χ2n) is 2.51. The highest BCUT2D eigenvalue weighted by Crippen LogP contribution is 2.26. The van der Waals surface area contributed by atoms with Gasteiger partial charge in [0.05, 0.1) is 13.7 Å². The minimum atomic E-state index is -0.368. The summed E-state index contributed by atoms with van der Waals surface area (Å²) in [5.41, 5.74) is 0.480. The molecule has 2 nitrogen and oxygen atoms in total. The lowest BCUT2D eigenvalue weighted by Crippen LogP contribution is -1.96. The summed E-state index contributed by atoms with van der Waals surface area (Å²) >= 11 is 3.26. The van der Waals surface area contributed by atoms with Crippen LogP contribution in [0.4, 0.5) is 4.39 Å². The van der Waals surface area contributed by atoms with Crippen LogP contribution in [0.5, 0.6) is 5.75 Å². The fourth-order valence-corrected chi connectivity index (χ4v) is 1.51. The molecule has 0 spiro atoms. The topological polar surface area (TPSA) is 18.5 Å². The molecule has 0 aliphatic heterocycles. The van der Waals surface area contributed by atoms with Gasteiger partial charge in [-0.2, -0.15) is 0 Å². The van der Waals surface area contributed by atoms with E-state index in [0.29, 0.717) is 5.56 Å². The largest absolute Gasteiger partial charge is 0.494 e. The maximum Gasteiger partial charge on any atom is 0.170 e. The average molecular weight is 249 g/mol. The smallest absolute Gasteiger partial charge is 0.170 e. The van der Waals surface area contributed by atoms with Crippen LogP contribution in [-0.4, -0.2) is 14.2 Å². The van der Waals surface area contributed by atoms with E-state index in [1.54, 1.807) is 12.1 Å². The molecule has 0 N–H and O–H groups in total. The third-order valence-corrected chi connectivity index (χ3v) is 2.06. The molecule has 0 unspecified atom stereocenters. The molecule has 0 saturated carbocycles. The lowest BCUT2D eigenvalue weighted by atomic mass is 10.2. The molecule has 0 radical (unpaired) electrons. The van der Waals surface area contributed by atoms with Crippen molar-refractivity contribution < 1.29 is 13.9 Å². The third-order valence-electron chi connectivity index (χ3n) is 1.60. The summed E-state index contributed by atoms with van der Waals surface area (Å²) in [6, 6.07) is 3.25. The fraction of sp³-hybridized carbons (Fsp3) is 0.333. The van der Waals surface area contributed by atoms with Gasteiger partial charge in [-0.15, -0.1) is 0 Å². The lowest BCUT2D eigenvalue weighted by molar-refractivity contribution is 0.180. The monoisotopic (exact) mass is 248 g/mol. The van der Waals surface area contributed by atoms with Crippen LogP contribution < -0.4 is 4.74 Å². The van der Waals surface area contributed by atoms with Gasteiger partial charge in [-0.05, 0) is 12.1 Å². The number of benzene rings is 1. The lowest BCUT2D eigenvalue weighted by Gasteiger charge is -2.07. The maximum atomic E-state index is 13.4. The van der Waals surface area contributed by atoms with Crippen LogP contribution in [0.25, 0.3) is 0 Å². The minimum Gasteiger partial charge on any atom is -0.494 e. The molecule has 0 aliphatic carbocycles. The average Bonchev–Trinajstić information content (AvgIpc) is 2.11. The Bertz CT molecular complexity index is 302. The predicted molar refractivity (Wildman–Crippen MR) is 51.4 cm³/mol. The van der Waals surface area contributed by atoms with Crippen molar-refractivity contribution in [2.45, 2.75) is 6.61 Å². The molecule has 72 valence electrons. The molecule has 0 aliphatic rings. The van der Waals surface area contributed by atoms with Crippen molar-refractivity contribution in [2.75, 3.05) is 14.2 Å². The second kappa shape index (κ2) is 4.58. The standard InChI is InChI=1S/C9H10BrFO2/c1-12-5-6-3-7(10)4-8(13-2)9(6)11/h3-4H,5H2,1-2H3. The van der Waals surface area contributed by atoms with Gasteiger partial charge in [-0.3, -0.25) is 0 Å². The Morgan fingerprint density at radius 1 is 1.38 bits per heavy atom. The van der Waals surface area contributed by atoms with E-state index in [1.165, 1.54) is 14.2 Å². The Morgan fingerprint density at radius 2 is 2.08 bits per heavy atom. The molecule has 0 saturated heterocycles. The molecule has 0 amide bonds. The van der Waals surface area contributed by atoms with Crippen molar-refractivity contribution in [2.24, 2.45) is 0 Å². The van der Waals surface area contributed by atoms with Gasteiger partial charge < -0.3 is 9.47 Å². The number of ether oxygens (including phenoxy) is 2. The van der Waals surface area contributed by atoms with Gasteiger partial charge in [0.15, 0.2) is 11.6 Å². The maximum absolute atomic E-state index is 13.4. The molecule has 0 atom stereocenters. The van der Waals surface area contributed by atoms with Crippen molar-refractivity contribution in [3.8, 4) is 5.75 Å². The van der Waals surface area contributed by atoms with Gasteiger partial charge in [0.25, 0.3) is 0 Å². The van der Waals surface area contributed by atoms with E-state index >= 15 is 0 Å². The molecule has 1 aromatic rings. The molecule has 4 heteroatoms. The molecule has 1 rings (SSSR count). The normalized spacial score (nSPS) is 10.2. The third kappa shape index (κ3) is 2.42. The van der Waals surface area contributed by atoms with Crippen LogP contribution in [0.2, 0.25) is 0 Å². The Morgan fingerprint density at radius 3 is 2.62 bits per heavy atom. The highest BCUT2D eigenvalue weighted by Gasteiger charge is 2.09. The van der Waals surface area contributed by atoms with E-state index in [0.717, 1.165) is 4.47 Å². The van der Waals surface area contributed by atoms with Crippen molar-refractivity contribution in [1.29, 1.82) is 0 Å². The van der Waals surface area contributed by atoms with E-state index in [1.807, 2.05) is 0 Å². The van der Waals surface area contributed by atoms with Crippen LogP contribution >= 0.6 is 15.9 Å². The Hall–Kier alpha value is -0.610. The number of halogens is 2. The molecule has 1 aromatic carbocycles. The first-order chi connectivity index (χ1) is 6.19. The van der Waals surface area contributed by atoms with Gasteiger partial charge in [0.1, 0.15) is 0 Å². The molecule has 13 heavy (non-hydrogen) atoms. The SMILES string of the molecule is COCc1cc(Br)cc(OC)c1F. The van der Waals surface area contributed by atoms with Crippen molar-refractivity contribution >= 4 is 15.9 Å². The van der Waals surface area contributed by atoms with Gasteiger partial charge in [0, 0.05) is 17.1 Å². The first kappa shape index (κ1) is 10.5. The van der Waals surface area contributed by atoms with Crippen molar-refractivity contribution in [3.05, 3.63) is 28.0 Å². The van der Waals surface area contributed by atoms with Crippen LogP contribution in [0.3, 0.4) is 0 Å². The molecule has 0 bridgehead atoms. The first-order valence-electron chi connectivity index (χ1n) is 3.70. The Balaban J connectivity index is 3.11. The van der Waals surface area contributed by atoms with E-state index in [4.69, 9.17) is 9.47 Å².